The summed E-state index contributed by atoms with van der Waals surface area (Å²) in [6.07, 6.45) is 2.64. The van der Waals surface area contributed by atoms with Crippen LogP contribution in [0.4, 0.5) is 5.82 Å². The van der Waals surface area contributed by atoms with Crippen LogP contribution in [0.25, 0.3) is 0 Å². The van der Waals surface area contributed by atoms with Crippen molar-refractivity contribution >= 4 is 11.7 Å². The molecule has 132 valence electrons. The first-order valence-corrected chi connectivity index (χ1v) is 8.89. The fourth-order valence-corrected chi connectivity index (χ4v) is 3.17. The van der Waals surface area contributed by atoms with Crippen molar-refractivity contribution in [2.45, 2.75) is 46.1 Å². The molecular formula is C19H25N5O. The number of anilines is 1. The molecule has 1 N–H and O–H groups in total. The maximum atomic E-state index is 12.4. The second kappa shape index (κ2) is 7.59. The van der Waals surface area contributed by atoms with Gasteiger partial charge in [-0.25, -0.2) is 15.0 Å². The lowest BCUT2D eigenvalue weighted by molar-refractivity contribution is 0.0926. The van der Waals surface area contributed by atoms with Crippen molar-refractivity contribution in [3.8, 4) is 0 Å². The number of nitrogens with one attached hydrogen (secondary N) is 1. The normalized spacial score (nSPS) is 15.2. The molecule has 0 bridgehead atoms. The first-order valence-electron chi connectivity index (χ1n) is 8.89. The molecule has 1 aliphatic heterocycles. The van der Waals surface area contributed by atoms with Crippen LogP contribution in [0.15, 0.2) is 24.3 Å². The summed E-state index contributed by atoms with van der Waals surface area (Å²) in [6.45, 7) is 7.70. The fraction of sp³-hybridized carbons (Fsp3) is 0.474. The number of piperidine rings is 1. The summed E-state index contributed by atoms with van der Waals surface area (Å²) in [5.41, 5.74) is 2.43. The molecule has 0 aliphatic carbocycles. The second-order valence-electron chi connectivity index (χ2n) is 6.52. The van der Waals surface area contributed by atoms with Crippen LogP contribution in [0.1, 0.15) is 47.5 Å². The number of amides is 1. The molecule has 3 rings (SSSR count). The summed E-state index contributed by atoms with van der Waals surface area (Å²) in [7, 11) is 0. The lowest BCUT2D eigenvalue weighted by Gasteiger charge is -2.33. The lowest BCUT2D eigenvalue weighted by atomic mass is 10.0. The Labute approximate surface area is 148 Å². The number of aromatic nitrogens is 3. The highest BCUT2D eigenvalue weighted by Gasteiger charge is 2.22. The van der Waals surface area contributed by atoms with Crippen LogP contribution in [-0.4, -0.2) is 40.0 Å². The number of carbonyl (C=O) groups excluding carboxylic acids is 1. The molecule has 25 heavy (non-hydrogen) atoms. The summed E-state index contributed by atoms with van der Waals surface area (Å²) < 4.78 is 0. The van der Waals surface area contributed by atoms with Crippen molar-refractivity contribution in [1.82, 2.24) is 20.3 Å². The summed E-state index contributed by atoms with van der Waals surface area (Å²) in [4.78, 5) is 27.9. The minimum absolute atomic E-state index is 0.0810. The van der Waals surface area contributed by atoms with Gasteiger partial charge in [0.1, 0.15) is 17.3 Å². The molecule has 1 amide bonds. The number of carbonyl (C=O) groups is 1. The third kappa shape index (κ3) is 4.32. The van der Waals surface area contributed by atoms with Crippen LogP contribution in [0.5, 0.6) is 0 Å². The Bertz CT molecular complexity index is 733. The maximum Gasteiger partial charge on any atom is 0.270 e. The minimum Gasteiger partial charge on any atom is -0.356 e. The van der Waals surface area contributed by atoms with Gasteiger partial charge in [-0.15, -0.1) is 0 Å². The van der Waals surface area contributed by atoms with Crippen LogP contribution >= 0.6 is 0 Å². The first kappa shape index (κ1) is 17.3. The van der Waals surface area contributed by atoms with Crippen molar-refractivity contribution in [2.75, 3.05) is 18.0 Å². The van der Waals surface area contributed by atoms with E-state index in [2.05, 4.69) is 25.2 Å². The Morgan fingerprint density at radius 2 is 1.96 bits per heavy atom. The van der Waals surface area contributed by atoms with E-state index in [1.54, 1.807) is 6.07 Å². The van der Waals surface area contributed by atoms with E-state index in [-0.39, 0.29) is 11.9 Å². The third-order valence-corrected chi connectivity index (χ3v) is 4.51. The number of aryl methyl sites for hydroxylation is 3. The SMILES string of the molecule is CCc1cccc(C(=O)NC2CCN(c3cc(C)nc(C)n3)CC2)n1. The van der Waals surface area contributed by atoms with Gasteiger partial charge in [-0.05, 0) is 45.2 Å². The van der Waals surface area contributed by atoms with Crippen molar-refractivity contribution in [3.05, 3.63) is 47.2 Å². The predicted octanol–water partition coefficient (Wildman–Crippen LogP) is 2.45. The maximum absolute atomic E-state index is 12.4. The molecule has 0 radical (unpaired) electrons. The van der Waals surface area contributed by atoms with Gasteiger partial charge in [0.25, 0.3) is 5.91 Å². The summed E-state index contributed by atoms with van der Waals surface area (Å²) in [6, 6.07) is 7.81. The van der Waals surface area contributed by atoms with E-state index in [0.29, 0.717) is 5.69 Å². The Morgan fingerprint density at radius 3 is 2.64 bits per heavy atom. The van der Waals surface area contributed by atoms with E-state index in [1.807, 2.05) is 39.0 Å². The van der Waals surface area contributed by atoms with Crippen LogP contribution < -0.4 is 10.2 Å². The number of rotatable bonds is 4. The standard InChI is InChI=1S/C19H25N5O/c1-4-15-6-5-7-17(22-15)19(25)23-16-8-10-24(11-9-16)18-12-13(2)20-14(3)21-18/h5-7,12,16H,4,8-11H2,1-3H3,(H,23,25). The molecule has 0 saturated carbocycles. The van der Waals surface area contributed by atoms with E-state index in [4.69, 9.17) is 0 Å². The minimum atomic E-state index is -0.0810. The Kier molecular flexibility index (Phi) is 5.26. The molecule has 1 fully saturated rings. The van der Waals surface area contributed by atoms with Crippen LogP contribution in [0.2, 0.25) is 0 Å². The molecule has 0 unspecified atom stereocenters. The number of pyridine rings is 1. The van der Waals surface area contributed by atoms with Gasteiger partial charge in [0.15, 0.2) is 0 Å². The van der Waals surface area contributed by atoms with Gasteiger partial charge < -0.3 is 10.2 Å². The summed E-state index contributed by atoms with van der Waals surface area (Å²) in [5, 5.41) is 3.12. The number of nitrogens with zero attached hydrogens (tertiary/aromatic N) is 4. The largest absolute Gasteiger partial charge is 0.356 e. The third-order valence-electron chi connectivity index (χ3n) is 4.51. The van der Waals surface area contributed by atoms with Crippen LogP contribution in [-0.2, 0) is 6.42 Å². The van der Waals surface area contributed by atoms with Gasteiger partial charge in [0, 0.05) is 36.6 Å². The molecule has 2 aromatic rings. The zero-order valence-corrected chi connectivity index (χ0v) is 15.1. The fourth-order valence-electron chi connectivity index (χ4n) is 3.17. The lowest BCUT2D eigenvalue weighted by Crippen LogP contribution is -2.45. The van der Waals surface area contributed by atoms with E-state index in [1.165, 1.54) is 0 Å². The van der Waals surface area contributed by atoms with Gasteiger partial charge in [-0.1, -0.05) is 13.0 Å². The number of hydrogen-bond donors (Lipinski definition) is 1. The monoisotopic (exact) mass is 339 g/mol. The van der Waals surface area contributed by atoms with Crippen LogP contribution in [0, 0.1) is 13.8 Å². The molecular weight excluding hydrogens is 314 g/mol. The topological polar surface area (TPSA) is 71.0 Å². The average Bonchev–Trinajstić information content (AvgIpc) is 2.61. The van der Waals surface area contributed by atoms with Crippen molar-refractivity contribution in [3.63, 3.8) is 0 Å². The van der Waals surface area contributed by atoms with Crippen molar-refractivity contribution in [1.29, 1.82) is 0 Å². The van der Waals surface area contributed by atoms with E-state index >= 15 is 0 Å². The van der Waals surface area contributed by atoms with Crippen molar-refractivity contribution < 1.29 is 4.79 Å². The molecule has 1 saturated heterocycles. The molecule has 6 heteroatoms. The highest BCUT2D eigenvalue weighted by atomic mass is 16.1. The quantitative estimate of drug-likeness (QED) is 0.926. The molecule has 1 aliphatic rings. The highest BCUT2D eigenvalue weighted by molar-refractivity contribution is 5.92. The van der Waals surface area contributed by atoms with E-state index in [0.717, 1.165) is 55.4 Å². The summed E-state index contributed by atoms with van der Waals surface area (Å²) in [5.74, 6) is 1.70. The zero-order valence-electron chi connectivity index (χ0n) is 15.1. The van der Waals surface area contributed by atoms with Gasteiger partial charge in [-0.3, -0.25) is 4.79 Å². The molecule has 6 nitrogen and oxygen atoms in total. The zero-order chi connectivity index (χ0) is 17.8. The Morgan fingerprint density at radius 1 is 1.20 bits per heavy atom. The number of hydrogen-bond acceptors (Lipinski definition) is 5. The molecule has 0 spiro atoms. The molecule has 2 aromatic heterocycles. The molecule has 0 atom stereocenters. The highest BCUT2D eigenvalue weighted by Crippen LogP contribution is 2.19. The van der Waals surface area contributed by atoms with E-state index < -0.39 is 0 Å². The van der Waals surface area contributed by atoms with Gasteiger partial charge in [0.05, 0.1) is 0 Å². The second-order valence-corrected chi connectivity index (χ2v) is 6.52. The van der Waals surface area contributed by atoms with Gasteiger partial charge in [0.2, 0.25) is 0 Å². The van der Waals surface area contributed by atoms with Gasteiger partial charge in [-0.2, -0.15) is 0 Å². The Hall–Kier alpha value is -2.50. The predicted molar refractivity (Wildman–Crippen MR) is 97.8 cm³/mol. The van der Waals surface area contributed by atoms with Crippen molar-refractivity contribution in [2.24, 2.45) is 0 Å². The Balaban J connectivity index is 1.58. The van der Waals surface area contributed by atoms with Gasteiger partial charge >= 0.3 is 0 Å². The smallest absolute Gasteiger partial charge is 0.270 e. The van der Waals surface area contributed by atoms with E-state index in [9.17, 15) is 4.79 Å². The van der Waals surface area contributed by atoms with Crippen LogP contribution in [0.3, 0.4) is 0 Å². The first-order chi connectivity index (χ1) is 12.0. The summed E-state index contributed by atoms with van der Waals surface area (Å²) >= 11 is 0. The molecule has 0 aromatic carbocycles. The molecule has 3 heterocycles. The average molecular weight is 339 g/mol.